The molecule has 128 valence electrons. The first-order valence-electron chi connectivity index (χ1n) is 8.40. The predicted molar refractivity (Wildman–Crippen MR) is 88.8 cm³/mol. The second-order valence-corrected chi connectivity index (χ2v) is 6.55. The first-order valence-corrected chi connectivity index (χ1v) is 8.40. The number of hydrogen-bond acceptors (Lipinski definition) is 3. The third-order valence-electron chi connectivity index (χ3n) is 4.90. The third kappa shape index (κ3) is 3.27. The van der Waals surface area contributed by atoms with Crippen LogP contribution in [0.2, 0.25) is 0 Å². The van der Waals surface area contributed by atoms with Crippen LogP contribution >= 0.6 is 0 Å². The number of carbonyl (C=O) groups is 3. The molecule has 0 bridgehead atoms. The number of carbonyl (C=O) groups excluding carboxylic acids is 3. The summed E-state index contributed by atoms with van der Waals surface area (Å²) in [7, 11) is 0. The molecule has 3 rings (SSSR count). The summed E-state index contributed by atoms with van der Waals surface area (Å²) in [5, 5.41) is 2.90. The zero-order valence-electron chi connectivity index (χ0n) is 14.0. The molecule has 1 saturated carbocycles. The molecule has 3 amide bonds. The van der Waals surface area contributed by atoms with E-state index in [1.807, 2.05) is 30.3 Å². The fraction of sp³-hybridized carbons (Fsp3) is 0.500. The summed E-state index contributed by atoms with van der Waals surface area (Å²) in [4.78, 5) is 40.1. The Hall–Kier alpha value is -2.37. The van der Waals surface area contributed by atoms with E-state index in [0.29, 0.717) is 45.6 Å². The third-order valence-corrected chi connectivity index (χ3v) is 4.90. The van der Waals surface area contributed by atoms with Gasteiger partial charge in [-0.1, -0.05) is 30.3 Å². The molecule has 6 nitrogen and oxygen atoms in total. The van der Waals surface area contributed by atoms with Crippen LogP contribution in [0.5, 0.6) is 0 Å². The van der Waals surface area contributed by atoms with E-state index in [9.17, 15) is 14.4 Å². The molecule has 1 saturated heterocycles. The van der Waals surface area contributed by atoms with Crippen LogP contribution in [0, 0.1) is 5.41 Å². The zero-order chi connectivity index (χ0) is 17.2. The number of piperazine rings is 1. The zero-order valence-corrected chi connectivity index (χ0v) is 14.0. The van der Waals surface area contributed by atoms with E-state index in [-0.39, 0.29) is 17.7 Å². The van der Waals surface area contributed by atoms with Crippen LogP contribution in [0.15, 0.2) is 30.3 Å². The van der Waals surface area contributed by atoms with Crippen molar-refractivity contribution >= 4 is 17.7 Å². The quantitative estimate of drug-likeness (QED) is 0.830. The first kappa shape index (κ1) is 16.5. The molecule has 1 aromatic rings. The second-order valence-electron chi connectivity index (χ2n) is 6.55. The van der Waals surface area contributed by atoms with Gasteiger partial charge >= 0.3 is 0 Å². The average Bonchev–Trinajstić information content (AvgIpc) is 3.42. The van der Waals surface area contributed by atoms with Crippen LogP contribution in [-0.4, -0.2) is 53.7 Å². The minimum Gasteiger partial charge on any atom is -0.351 e. The van der Waals surface area contributed by atoms with Gasteiger partial charge in [-0.2, -0.15) is 0 Å². The Labute approximate surface area is 141 Å². The minimum atomic E-state index is -0.882. The summed E-state index contributed by atoms with van der Waals surface area (Å²) in [6.07, 6.45) is 1.22. The summed E-state index contributed by atoms with van der Waals surface area (Å²) in [5.74, 6) is -0.231. The van der Waals surface area contributed by atoms with E-state index < -0.39 is 5.41 Å². The van der Waals surface area contributed by atoms with Crippen molar-refractivity contribution < 1.29 is 14.4 Å². The summed E-state index contributed by atoms with van der Waals surface area (Å²) >= 11 is 0. The van der Waals surface area contributed by atoms with E-state index >= 15 is 0 Å². The van der Waals surface area contributed by atoms with Crippen molar-refractivity contribution in [3.05, 3.63) is 35.9 Å². The lowest BCUT2D eigenvalue weighted by atomic mass is 10.0. The SMILES string of the molecule is CC(=O)N1CCN(C(=O)C2(C(=O)NCc3ccccc3)CC2)CC1. The van der Waals surface area contributed by atoms with Gasteiger partial charge in [-0.25, -0.2) is 0 Å². The van der Waals surface area contributed by atoms with Gasteiger partial charge in [0.2, 0.25) is 17.7 Å². The molecule has 0 radical (unpaired) electrons. The van der Waals surface area contributed by atoms with Crippen LogP contribution in [0.25, 0.3) is 0 Å². The maximum atomic E-state index is 12.8. The van der Waals surface area contributed by atoms with Crippen molar-refractivity contribution in [1.82, 2.24) is 15.1 Å². The predicted octanol–water partition coefficient (Wildman–Crippen LogP) is 0.774. The fourth-order valence-electron chi connectivity index (χ4n) is 3.14. The van der Waals surface area contributed by atoms with Gasteiger partial charge in [-0.3, -0.25) is 14.4 Å². The lowest BCUT2D eigenvalue weighted by Gasteiger charge is -2.35. The van der Waals surface area contributed by atoms with Gasteiger partial charge in [-0.15, -0.1) is 0 Å². The molecule has 6 heteroatoms. The Morgan fingerprint density at radius 2 is 1.58 bits per heavy atom. The molecule has 1 aliphatic carbocycles. The molecule has 2 fully saturated rings. The van der Waals surface area contributed by atoms with Gasteiger partial charge in [0.05, 0.1) is 0 Å². The fourth-order valence-corrected chi connectivity index (χ4v) is 3.14. The molecule has 1 heterocycles. The second kappa shape index (κ2) is 6.63. The molecule has 24 heavy (non-hydrogen) atoms. The molecule has 1 N–H and O–H groups in total. The van der Waals surface area contributed by atoms with Crippen LogP contribution < -0.4 is 5.32 Å². The van der Waals surface area contributed by atoms with Gasteiger partial charge < -0.3 is 15.1 Å². The van der Waals surface area contributed by atoms with E-state index in [2.05, 4.69) is 5.32 Å². The van der Waals surface area contributed by atoms with Crippen molar-refractivity contribution in [2.45, 2.75) is 26.3 Å². The first-order chi connectivity index (χ1) is 11.5. The largest absolute Gasteiger partial charge is 0.351 e. The standard InChI is InChI=1S/C18H23N3O3/c1-14(22)20-9-11-21(12-10-20)17(24)18(7-8-18)16(23)19-13-15-5-3-2-4-6-15/h2-6H,7-13H2,1H3,(H,19,23). The molecular formula is C18H23N3O3. The highest BCUT2D eigenvalue weighted by Gasteiger charge is 2.58. The van der Waals surface area contributed by atoms with E-state index in [1.54, 1.807) is 9.80 Å². The van der Waals surface area contributed by atoms with E-state index in [4.69, 9.17) is 0 Å². The highest BCUT2D eigenvalue weighted by molar-refractivity contribution is 6.07. The molecule has 0 spiro atoms. The van der Waals surface area contributed by atoms with Crippen molar-refractivity contribution in [2.24, 2.45) is 5.41 Å². The Morgan fingerprint density at radius 1 is 1.00 bits per heavy atom. The Bertz CT molecular complexity index is 632. The smallest absolute Gasteiger partial charge is 0.238 e. The number of hydrogen-bond donors (Lipinski definition) is 1. The maximum Gasteiger partial charge on any atom is 0.238 e. The van der Waals surface area contributed by atoms with Crippen molar-refractivity contribution in [1.29, 1.82) is 0 Å². The minimum absolute atomic E-state index is 0.0313. The number of nitrogens with zero attached hydrogens (tertiary/aromatic N) is 2. The molecule has 0 unspecified atom stereocenters. The average molecular weight is 329 g/mol. The Kier molecular flexibility index (Phi) is 4.55. The summed E-state index contributed by atoms with van der Waals surface area (Å²) in [6, 6.07) is 9.67. The molecular weight excluding hydrogens is 306 g/mol. The molecule has 0 atom stereocenters. The summed E-state index contributed by atoms with van der Waals surface area (Å²) in [5.41, 5.74) is 0.136. The lowest BCUT2D eigenvalue weighted by molar-refractivity contribution is -0.147. The van der Waals surface area contributed by atoms with Crippen molar-refractivity contribution in [3.63, 3.8) is 0 Å². The highest BCUT2D eigenvalue weighted by atomic mass is 16.2. The van der Waals surface area contributed by atoms with E-state index in [1.165, 1.54) is 6.92 Å². The molecule has 2 aliphatic rings. The normalized spacial score (nSPS) is 18.9. The maximum absolute atomic E-state index is 12.8. The molecule has 0 aromatic heterocycles. The van der Waals surface area contributed by atoms with Gasteiger partial charge in [0, 0.05) is 39.6 Å². The van der Waals surface area contributed by atoms with Crippen LogP contribution in [-0.2, 0) is 20.9 Å². The Balaban J connectivity index is 1.56. The van der Waals surface area contributed by atoms with Crippen molar-refractivity contribution in [3.8, 4) is 0 Å². The summed E-state index contributed by atoms with van der Waals surface area (Å²) < 4.78 is 0. The van der Waals surface area contributed by atoms with Gasteiger partial charge in [-0.05, 0) is 18.4 Å². The monoisotopic (exact) mass is 329 g/mol. The lowest BCUT2D eigenvalue weighted by Crippen LogP contribution is -2.54. The van der Waals surface area contributed by atoms with Gasteiger partial charge in [0.1, 0.15) is 5.41 Å². The number of rotatable bonds is 4. The van der Waals surface area contributed by atoms with Crippen molar-refractivity contribution in [2.75, 3.05) is 26.2 Å². The van der Waals surface area contributed by atoms with Crippen LogP contribution in [0.1, 0.15) is 25.3 Å². The van der Waals surface area contributed by atoms with Crippen LogP contribution in [0.3, 0.4) is 0 Å². The van der Waals surface area contributed by atoms with Crippen LogP contribution in [0.4, 0.5) is 0 Å². The Morgan fingerprint density at radius 3 is 2.12 bits per heavy atom. The van der Waals surface area contributed by atoms with Gasteiger partial charge in [0.25, 0.3) is 0 Å². The number of nitrogens with one attached hydrogen (secondary N) is 1. The highest BCUT2D eigenvalue weighted by Crippen LogP contribution is 2.47. The molecule has 1 aromatic carbocycles. The number of benzene rings is 1. The molecule has 1 aliphatic heterocycles. The summed E-state index contributed by atoms with van der Waals surface area (Å²) in [6.45, 7) is 4.08. The number of amides is 3. The topological polar surface area (TPSA) is 69.7 Å². The van der Waals surface area contributed by atoms with E-state index in [0.717, 1.165) is 5.56 Å². The van der Waals surface area contributed by atoms with Gasteiger partial charge in [0.15, 0.2) is 0 Å².